The summed E-state index contributed by atoms with van der Waals surface area (Å²) in [4.78, 5) is 11.5. The van der Waals surface area contributed by atoms with E-state index in [1.807, 2.05) is 45.0 Å². The second-order valence-corrected chi connectivity index (χ2v) is 5.41. The molecule has 0 atom stereocenters. The number of esters is 1. The van der Waals surface area contributed by atoms with E-state index in [0.29, 0.717) is 13.2 Å². The Morgan fingerprint density at radius 2 is 2.05 bits per heavy atom. The highest BCUT2D eigenvalue weighted by Crippen LogP contribution is 2.14. The van der Waals surface area contributed by atoms with Crippen molar-refractivity contribution in [1.82, 2.24) is 5.32 Å². The monoisotopic (exact) mass is 265 g/mol. The molecule has 1 aromatic rings. The van der Waals surface area contributed by atoms with Gasteiger partial charge in [0.2, 0.25) is 0 Å². The lowest BCUT2D eigenvalue weighted by Gasteiger charge is -2.16. The molecule has 0 aromatic heterocycles. The molecule has 0 bridgehead atoms. The minimum Gasteiger partial charge on any atom is -0.497 e. The Balaban J connectivity index is 2.22. The molecule has 106 valence electrons. The summed E-state index contributed by atoms with van der Waals surface area (Å²) in [6.45, 7) is 7.29. The van der Waals surface area contributed by atoms with Gasteiger partial charge in [0.1, 0.15) is 12.4 Å². The molecule has 0 aliphatic rings. The fourth-order valence-electron chi connectivity index (χ4n) is 1.45. The molecule has 0 aliphatic carbocycles. The minimum absolute atomic E-state index is 0.171. The van der Waals surface area contributed by atoms with Gasteiger partial charge >= 0.3 is 5.97 Å². The van der Waals surface area contributed by atoms with Crippen molar-refractivity contribution < 1.29 is 14.3 Å². The van der Waals surface area contributed by atoms with Crippen LogP contribution in [0.15, 0.2) is 24.3 Å². The molecule has 0 amide bonds. The van der Waals surface area contributed by atoms with Gasteiger partial charge in [-0.05, 0) is 38.5 Å². The van der Waals surface area contributed by atoms with Crippen LogP contribution < -0.4 is 10.1 Å². The van der Waals surface area contributed by atoms with Crippen LogP contribution in [0.1, 0.15) is 26.3 Å². The van der Waals surface area contributed by atoms with Gasteiger partial charge in [-0.2, -0.15) is 0 Å². The third kappa shape index (κ3) is 5.75. The molecule has 1 rings (SSSR count). The van der Waals surface area contributed by atoms with E-state index in [2.05, 4.69) is 5.32 Å². The second-order valence-electron chi connectivity index (χ2n) is 5.41. The first-order chi connectivity index (χ1) is 8.93. The van der Waals surface area contributed by atoms with Crippen LogP contribution >= 0.6 is 0 Å². The van der Waals surface area contributed by atoms with E-state index in [1.165, 1.54) is 0 Å². The van der Waals surface area contributed by atoms with Crippen LogP contribution in [0.2, 0.25) is 0 Å². The van der Waals surface area contributed by atoms with Crippen molar-refractivity contribution in [3.05, 3.63) is 29.8 Å². The molecule has 1 N–H and O–H groups in total. The summed E-state index contributed by atoms with van der Waals surface area (Å²) < 4.78 is 10.3. The number of carbonyl (C=O) groups is 1. The Bertz CT molecular complexity index is 410. The van der Waals surface area contributed by atoms with Crippen LogP contribution in [0.4, 0.5) is 0 Å². The molecule has 0 aliphatic heterocycles. The molecule has 0 radical (unpaired) electrons. The smallest absolute Gasteiger partial charge is 0.311 e. The Kier molecular flexibility index (Phi) is 5.83. The molecule has 1 aromatic carbocycles. The van der Waals surface area contributed by atoms with Crippen LogP contribution in [0.25, 0.3) is 0 Å². The van der Waals surface area contributed by atoms with Gasteiger partial charge in [-0.1, -0.05) is 12.1 Å². The molecule has 0 saturated heterocycles. The molecular formula is C15H23NO3. The number of methoxy groups -OCH3 is 1. The van der Waals surface area contributed by atoms with Crippen molar-refractivity contribution in [2.45, 2.75) is 27.3 Å². The molecule has 4 heteroatoms. The van der Waals surface area contributed by atoms with Crippen LogP contribution in [-0.4, -0.2) is 26.2 Å². The average Bonchev–Trinajstić information content (AvgIpc) is 2.37. The summed E-state index contributed by atoms with van der Waals surface area (Å²) in [7, 11) is 1.65. The summed E-state index contributed by atoms with van der Waals surface area (Å²) >= 11 is 0. The van der Waals surface area contributed by atoms with Crippen molar-refractivity contribution in [3.8, 4) is 5.75 Å². The third-order valence-corrected chi connectivity index (χ3v) is 2.59. The van der Waals surface area contributed by atoms with E-state index in [4.69, 9.17) is 9.47 Å². The number of rotatable bonds is 6. The SMILES string of the molecule is COc1cccc(CNCCOC(=O)C(C)(C)C)c1. The van der Waals surface area contributed by atoms with E-state index in [9.17, 15) is 4.79 Å². The Morgan fingerprint density at radius 3 is 2.68 bits per heavy atom. The fourth-order valence-corrected chi connectivity index (χ4v) is 1.45. The Labute approximate surface area is 115 Å². The van der Waals surface area contributed by atoms with Crippen molar-refractivity contribution in [2.75, 3.05) is 20.3 Å². The topological polar surface area (TPSA) is 47.6 Å². The van der Waals surface area contributed by atoms with Gasteiger partial charge in [0.15, 0.2) is 0 Å². The predicted octanol–water partition coefficient (Wildman–Crippen LogP) is 2.37. The maximum Gasteiger partial charge on any atom is 0.311 e. The van der Waals surface area contributed by atoms with Gasteiger partial charge in [0.05, 0.1) is 12.5 Å². The number of hydrogen-bond acceptors (Lipinski definition) is 4. The van der Waals surface area contributed by atoms with E-state index in [0.717, 1.165) is 17.9 Å². The van der Waals surface area contributed by atoms with Crippen molar-refractivity contribution in [1.29, 1.82) is 0 Å². The maximum atomic E-state index is 11.5. The fraction of sp³-hybridized carbons (Fsp3) is 0.533. The third-order valence-electron chi connectivity index (χ3n) is 2.59. The van der Waals surface area contributed by atoms with Gasteiger partial charge in [-0.3, -0.25) is 4.79 Å². The van der Waals surface area contributed by atoms with Gasteiger partial charge in [-0.15, -0.1) is 0 Å². The number of carbonyl (C=O) groups excluding carboxylic acids is 1. The highest BCUT2D eigenvalue weighted by Gasteiger charge is 2.22. The molecule has 19 heavy (non-hydrogen) atoms. The van der Waals surface area contributed by atoms with E-state index < -0.39 is 5.41 Å². The Hall–Kier alpha value is -1.55. The standard InChI is InChI=1S/C15H23NO3/c1-15(2,3)14(17)19-9-8-16-11-12-6-5-7-13(10-12)18-4/h5-7,10,16H,8-9,11H2,1-4H3. The molecule has 0 spiro atoms. The zero-order valence-corrected chi connectivity index (χ0v) is 12.2. The first-order valence-electron chi connectivity index (χ1n) is 6.44. The lowest BCUT2D eigenvalue weighted by Crippen LogP contribution is -2.27. The predicted molar refractivity (Wildman–Crippen MR) is 75.1 cm³/mol. The van der Waals surface area contributed by atoms with Crippen molar-refractivity contribution in [3.63, 3.8) is 0 Å². The van der Waals surface area contributed by atoms with Crippen LogP contribution in [-0.2, 0) is 16.1 Å². The Morgan fingerprint density at radius 1 is 1.32 bits per heavy atom. The highest BCUT2D eigenvalue weighted by atomic mass is 16.5. The van der Waals surface area contributed by atoms with Gasteiger partial charge in [-0.25, -0.2) is 0 Å². The molecule has 0 unspecified atom stereocenters. The zero-order valence-electron chi connectivity index (χ0n) is 12.2. The van der Waals surface area contributed by atoms with Crippen LogP contribution in [0, 0.1) is 5.41 Å². The summed E-state index contributed by atoms with van der Waals surface area (Å²) in [6, 6.07) is 7.87. The first-order valence-corrected chi connectivity index (χ1v) is 6.44. The molecule has 4 nitrogen and oxygen atoms in total. The maximum absolute atomic E-state index is 11.5. The van der Waals surface area contributed by atoms with E-state index in [-0.39, 0.29) is 5.97 Å². The number of nitrogens with one attached hydrogen (secondary N) is 1. The first kappa shape index (κ1) is 15.5. The molecule has 0 fully saturated rings. The number of hydrogen-bond donors (Lipinski definition) is 1. The van der Waals surface area contributed by atoms with Crippen LogP contribution in [0.5, 0.6) is 5.75 Å². The normalized spacial score (nSPS) is 11.2. The highest BCUT2D eigenvalue weighted by molar-refractivity contribution is 5.75. The lowest BCUT2D eigenvalue weighted by atomic mass is 9.97. The zero-order chi connectivity index (χ0) is 14.3. The molecule has 0 saturated carbocycles. The summed E-state index contributed by atoms with van der Waals surface area (Å²) in [6.07, 6.45) is 0. The van der Waals surface area contributed by atoms with Crippen molar-refractivity contribution >= 4 is 5.97 Å². The lowest BCUT2D eigenvalue weighted by molar-refractivity contribution is -0.152. The summed E-state index contributed by atoms with van der Waals surface area (Å²) in [5, 5.41) is 3.23. The molecule has 0 heterocycles. The molecular weight excluding hydrogens is 242 g/mol. The number of ether oxygens (including phenoxy) is 2. The quantitative estimate of drug-likeness (QED) is 0.633. The van der Waals surface area contributed by atoms with Gasteiger partial charge in [0, 0.05) is 13.1 Å². The van der Waals surface area contributed by atoms with Crippen molar-refractivity contribution in [2.24, 2.45) is 5.41 Å². The summed E-state index contributed by atoms with van der Waals surface area (Å²) in [5.74, 6) is 0.675. The minimum atomic E-state index is -0.438. The van der Waals surface area contributed by atoms with Crippen LogP contribution in [0.3, 0.4) is 0 Å². The van der Waals surface area contributed by atoms with E-state index in [1.54, 1.807) is 7.11 Å². The van der Waals surface area contributed by atoms with Gasteiger partial charge < -0.3 is 14.8 Å². The summed E-state index contributed by atoms with van der Waals surface area (Å²) in [5.41, 5.74) is 0.703. The second kappa shape index (κ2) is 7.14. The largest absolute Gasteiger partial charge is 0.497 e. The van der Waals surface area contributed by atoms with Gasteiger partial charge in [0.25, 0.3) is 0 Å². The average molecular weight is 265 g/mol. The number of benzene rings is 1. The van der Waals surface area contributed by atoms with E-state index >= 15 is 0 Å².